The summed E-state index contributed by atoms with van der Waals surface area (Å²) in [6, 6.07) is 0. The molecular weight excluding hydrogens is 268 g/mol. The van der Waals surface area contributed by atoms with E-state index in [1.165, 1.54) is 6.92 Å². The lowest BCUT2D eigenvalue weighted by Gasteiger charge is -2.11. The molecule has 1 rings (SSSR count). The minimum absolute atomic E-state index is 0.0525. The molecule has 0 amide bonds. The lowest BCUT2D eigenvalue weighted by atomic mass is 10.1. The summed E-state index contributed by atoms with van der Waals surface area (Å²) >= 11 is 0. The summed E-state index contributed by atoms with van der Waals surface area (Å²) in [4.78, 5) is 31.3. The third kappa shape index (κ3) is 6.31. The molecule has 7 nitrogen and oxygen atoms in total. The molecule has 0 aromatic carbocycles. The molecule has 1 aliphatic heterocycles. The van der Waals surface area contributed by atoms with Crippen LogP contribution in [0.5, 0.6) is 0 Å². The second-order valence-electron chi connectivity index (χ2n) is 4.52. The van der Waals surface area contributed by atoms with Crippen molar-refractivity contribution in [2.45, 2.75) is 33.6 Å². The lowest BCUT2D eigenvalue weighted by Crippen LogP contribution is -2.17. The van der Waals surface area contributed by atoms with Gasteiger partial charge in [0.2, 0.25) is 0 Å². The first-order chi connectivity index (χ1) is 9.54. The number of rotatable bonds is 8. The highest BCUT2D eigenvalue weighted by atomic mass is 17.4. The summed E-state index contributed by atoms with van der Waals surface area (Å²) in [5.74, 6) is -0.121. The molecule has 0 radical (unpaired) electrons. The number of hydrogen-bond acceptors (Lipinski definition) is 7. The van der Waals surface area contributed by atoms with Crippen LogP contribution in [0.4, 0.5) is 4.79 Å². The summed E-state index contributed by atoms with van der Waals surface area (Å²) in [6.07, 6.45) is 1.27. The van der Waals surface area contributed by atoms with E-state index in [1.54, 1.807) is 0 Å². The number of esters is 1. The SMILES string of the molecule is CCCC(C)COC(=O)OCCOC(=O)C(C)=C1OO1. The summed E-state index contributed by atoms with van der Waals surface area (Å²) < 4.78 is 14.5. The Morgan fingerprint density at radius 2 is 1.80 bits per heavy atom. The van der Waals surface area contributed by atoms with E-state index in [-0.39, 0.29) is 24.7 Å². The second-order valence-corrected chi connectivity index (χ2v) is 4.52. The first-order valence-electron chi connectivity index (χ1n) is 6.56. The van der Waals surface area contributed by atoms with Crippen LogP contribution in [0.2, 0.25) is 0 Å². The predicted octanol–water partition coefficient (Wildman–Crippen LogP) is 2.31. The van der Waals surface area contributed by atoms with Crippen molar-refractivity contribution >= 4 is 12.1 Å². The number of ether oxygens (including phenoxy) is 3. The van der Waals surface area contributed by atoms with Crippen molar-refractivity contribution in [1.82, 2.24) is 0 Å². The van der Waals surface area contributed by atoms with Crippen molar-refractivity contribution in [2.24, 2.45) is 5.92 Å². The fraction of sp³-hybridized carbons (Fsp3) is 0.692. The quantitative estimate of drug-likeness (QED) is 0.223. The van der Waals surface area contributed by atoms with Crippen LogP contribution in [0.25, 0.3) is 0 Å². The third-order valence-corrected chi connectivity index (χ3v) is 2.58. The zero-order chi connectivity index (χ0) is 15.0. The van der Waals surface area contributed by atoms with E-state index >= 15 is 0 Å². The van der Waals surface area contributed by atoms with Gasteiger partial charge in [0.25, 0.3) is 0 Å². The Labute approximate surface area is 117 Å². The molecule has 0 saturated carbocycles. The van der Waals surface area contributed by atoms with Crippen LogP contribution >= 0.6 is 0 Å². The molecule has 0 aliphatic carbocycles. The Morgan fingerprint density at radius 1 is 1.15 bits per heavy atom. The molecule has 0 aromatic heterocycles. The van der Waals surface area contributed by atoms with Gasteiger partial charge < -0.3 is 14.2 Å². The molecule has 1 atom stereocenters. The zero-order valence-corrected chi connectivity index (χ0v) is 12.0. The van der Waals surface area contributed by atoms with Gasteiger partial charge in [-0.15, -0.1) is 0 Å². The van der Waals surface area contributed by atoms with E-state index in [9.17, 15) is 9.59 Å². The number of hydrogen-bond donors (Lipinski definition) is 0. The van der Waals surface area contributed by atoms with Gasteiger partial charge in [0.05, 0.1) is 6.61 Å². The summed E-state index contributed by atoms with van der Waals surface area (Å²) in [5, 5.41) is 0. The molecule has 7 heteroatoms. The Morgan fingerprint density at radius 3 is 2.40 bits per heavy atom. The smallest absolute Gasteiger partial charge is 0.459 e. The minimum atomic E-state index is -0.757. The van der Waals surface area contributed by atoms with Gasteiger partial charge in [-0.2, -0.15) is 0 Å². The Balaban J connectivity index is 2.04. The topological polar surface area (TPSA) is 86.9 Å². The number of carbonyl (C=O) groups is 2. The molecule has 0 spiro atoms. The lowest BCUT2D eigenvalue weighted by molar-refractivity contribution is -0.140. The van der Waals surface area contributed by atoms with Crippen molar-refractivity contribution < 1.29 is 33.6 Å². The van der Waals surface area contributed by atoms with Gasteiger partial charge in [-0.25, -0.2) is 19.4 Å². The van der Waals surface area contributed by atoms with Gasteiger partial charge in [-0.1, -0.05) is 20.3 Å². The van der Waals surface area contributed by atoms with E-state index in [0.717, 1.165) is 12.8 Å². The van der Waals surface area contributed by atoms with E-state index in [4.69, 9.17) is 14.2 Å². The molecule has 20 heavy (non-hydrogen) atoms. The van der Waals surface area contributed by atoms with Crippen LogP contribution in [0, 0.1) is 5.92 Å². The van der Waals surface area contributed by atoms with E-state index in [2.05, 4.69) is 16.7 Å². The molecule has 1 unspecified atom stereocenters. The van der Waals surface area contributed by atoms with Crippen molar-refractivity contribution in [1.29, 1.82) is 0 Å². The van der Waals surface area contributed by atoms with Crippen molar-refractivity contribution in [2.75, 3.05) is 19.8 Å². The van der Waals surface area contributed by atoms with Crippen LogP contribution < -0.4 is 0 Å². The molecule has 1 heterocycles. The molecule has 114 valence electrons. The molecule has 1 saturated heterocycles. The van der Waals surface area contributed by atoms with Crippen LogP contribution in [0.15, 0.2) is 11.5 Å². The maximum Gasteiger partial charge on any atom is 0.508 e. The monoisotopic (exact) mass is 288 g/mol. The van der Waals surface area contributed by atoms with Gasteiger partial charge in [0, 0.05) is 0 Å². The average molecular weight is 288 g/mol. The van der Waals surface area contributed by atoms with Gasteiger partial charge >= 0.3 is 18.1 Å². The summed E-state index contributed by atoms with van der Waals surface area (Å²) in [6.45, 7) is 5.79. The molecule has 0 N–H and O–H groups in total. The van der Waals surface area contributed by atoms with Crippen molar-refractivity contribution in [3.8, 4) is 0 Å². The zero-order valence-electron chi connectivity index (χ0n) is 12.0. The maximum atomic E-state index is 11.3. The summed E-state index contributed by atoms with van der Waals surface area (Å²) in [5.41, 5.74) is 0.237. The fourth-order valence-corrected chi connectivity index (χ4v) is 1.42. The first-order valence-corrected chi connectivity index (χ1v) is 6.56. The maximum absolute atomic E-state index is 11.3. The van der Waals surface area contributed by atoms with Crippen LogP contribution in [-0.2, 0) is 28.8 Å². The minimum Gasteiger partial charge on any atom is -0.459 e. The highest BCUT2D eigenvalue weighted by Crippen LogP contribution is 2.22. The Kier molecular flexibility index (Phi) is 6.69. The highest BCUT2D eigenvalue weighted by molar-refractivity contribution is 5.88. The fourth-order valence-electron chi connectivity index (χ4n) is 1.42. The highest BCUT2D eigenvalue weighted by Gasteiger charge is 2.27. The Bertz CT molecular complexity index is 369. The first kappa shape index (κ1) is 16.1. The van der Waals surface area contributed by atoms with Crippen LogP contribution in [0.1, 0.15) is 33.6 Å². The normalized spacial score (nSPS) is 13.7. The van der Waals surface area contributed by atoms with Gasteiger partial charge in [0.1, 0.15) is 18.8 Å². The van der Waals surface area contributed by atoms with Crippen LogP contribution in [-0.4, -0.2) is 31.9 Å². The predicted molar refractivity (Wildman–Crippen MR) is 67.2 cm³/mol. The Hall–Kier alpha value is -1.92. The summed E-state index contributed by atoms with van der Waals surface area (Å²) in [7, 11) is 0. The van der Waals surface area contributed by atoms with Gasteiger partial charge in [-0.3, -0.25) is 0 Å². The van der Waals surface area contributed by atoms with E-state index < -0.39 is 12.1 Å². The molecule has 1 fully saturated rings. The third-order valence-electron chi connectivity index (χ3n) is 2.58. The molecular formula is C13H20O7. The molecule has 0 bridgehead atoms. The van der Waals surface area contributed by atoms with Gasteiger partial charge in [-0.05, 0) is 19.3 Å². The van der Waals surface area contributed by atoms with E-state index in [1.807, 2.05) is 6.92 Å². The molecule has 1 aliphatic rings. The van der Waals surface area contributed by atoms with Crippen molar-refractivity contribution in [3.63, 3.8) is 0 Å². The van der Waals surface area contributed by atoms with Crippen LogP contribution in [0.3, 0.4) is 0 Å². The standard InChI is InChI=1S/C13H20O7/c1-4-5-9(2)8-18-13(15)17-7-6-16-11(14)10(3)12-19-20-12/h9H,4-8H2,1-3H3. The average Bonchev–Trinajstić information content (AvgIpc) is 3.25. The second kappa shape index (κ2) is 8.29. The van der Waals surface area contributed by atoms with E-state index in [0.29, 0.717) is 12.5 Å². The van der Waals surface area contributed by atoms with Gasteiger partial charge in [0.15, 0.2) is 0 Å². The number of carbonyl (C=O) groups excluding carboxylic acids is 2. The molecule has 0 aromatic rings. The van der Waals surface area contributed by atoms with Crippen molar-refractivity contribution in [3.05, 3.63) is 11.5 Å². The largest absolute Gasteiger partial charge is 0.508 e.